The fourth-order valence-corrected chi connectivity index (χ4v) is 2.73. The first-order valence-corrected chi connectivity index (χ1v) is 7.11. The van der Waals surface area contributed by atoms with Crippen molar-refractivity contribution in [3.05, 3.63) is 40.7 Å². The summed E-state index contributed by atoms with van der Waals surface area (Å²) in [6.07, 6.45) is 4.46. The van der Waals surface area contributed by atoms with Crippen LogP contribution in [0.2, 0.25) is 0 Å². The van der Waals surface area contributed by atoms with Gasteiger partial charge in [-0.05, 0) is 43.4 Å². The molecule has 1 aliphatic carbocycles. The van der Waals surface area contributed by atoms with Gasteiger partial charge in [-0.25, -0.2) is 0 Å². The molecule has 0 radical (unpaired) electrons. The van der Waals surface area contributed by atoms with Crippen LogP contribution < -0.4 is 16.6 Å². The van der Waals surface area contributed by atoms with Crippen molar-refractivity contribution in [3.63, 3.8) is 0 Å². The smallest absolute Gasteiger partial charge is 0.264 e. The summed E-state index contributed by atoms with van der Waals surface area (Å²) in [6, 6.07) is 10.6. The van der Waals surface area contributed by atoms with E-state index in [1.165, 1.54) is 0 Å². The molecule has 1 saturated carbocycles. The van der Waals surface area contributed by atoms with Gasteiger partial charge in [0.1, 0.15) is 0 Å². The number of hydrogen-bond acceptors (Lipinski definition) is 3. The van der Waals surface area contributed by atoms with E-state index < -0.39 is 0 Å². The molecule has 1 heterocycles. The second-order valence-electron chi connectivity index (χ2n) is 5.51. The molecule has 20 heavy (non-hydrogen) atoms. The first-order chi connectivity index (χ1) is 9.70. The number of benzene rings is 1. The summed E-state index contributed by atoms with van der Waals surface area (Å²) in [5, 5.41) is 8.95. The maximum Gasteiger partial charge on any atom is 0.264 e. The Morgan fingerprint density at radius 3 is 2.35 bits per heavy atom. The number of H-pyrrole nitrogens is 2. The van der Waals surface area contributed by atoms with Gasteiger partial charge in [-0.3, -0.25) is 15.0 Å². The molecule has 0 saturated heterocycles. The van der Waals surface area contributed by atoms with E-state index in [2.05, 4.69) is 27.6 Å². The maximum atomic E-state index is 11.1. The number of nitrogens with one attached hydrogen (secondary N) is 3. The highest BCUT2D eigenvalue weighted by atomic mass is 16.1. The van der Waals surface area contributed by atoms with Crippen LogP contribution in [0.15, 0.2) is 35.1 Å². The minimum Gasteiger partial charge on any atom is -0.382 e. The largest absolute Gasteiger partial charge is 0.382 e. The Kier molecular flexibility index (Phi) is 3.60. The molecule has 0 aliphatic heterocycles. The third-order valence-electron chi connectivity index (χ3n) is 3.93. The van der Waals surface area contributed by atoms with Crippen LogP contribution in [0.4, 0.5) is 5.69 Å². The number of aromatic nitrogens is 2. The van der Waals surface area contributed by atoms with Crippen LogP contribution in [0.3, 0.4) is 0 Å². The number of rotatable bonds is 3. The van der Waals surface area contributed by atoms with Crippen LogP contribution in [0.5, 0.6) is 0 Å². The van der Waals surface area contributed by atoms with E-state index in [1.807, 2.05) is 12.1 Å². The summed E-state index contributed by atoms with van der Waals surface area (Å²) in [5.74, 6) is 0. The van der Waals surface area contributed by atoms with E-state index in [0.717, 1.165) is 42.6 Å². The molecule has 106 valence electrons. The molecule has 1 fully saturated rings. The van der Waals surface area contributed by atoms with E-state index in [1.54, 1.807) is 6.07 Å². The van der Waals surface area contributed by atoms with Crippen molar-refractivity contribution in [1.82, 2.24) is 10.2 Å². The molecule has 5 heteroatoms. The fourth-order valence-electron chi connectivity index (χ4n) is 2.73. The summed E-state index contributed by atoms with van der Waals surface area (Å²) in [7, 11) is 0. The molecule has 0 atom stereocenters. The van der Waals surface area contributed by atoms with Gasteiger partial charge >= 0.3 is 0 Å². The van der Waals surface area contributed by atoms with Gasteiger partial charge in [0.15, 0.2) is 0 Å². The van der Waals surface area contributed by atoms with Gasteiger partial charge in [-0.2, -0.15) is 0 Å². The summed E-state index contributed by atoms with van der Waals surface area (Å²) in [5.41, 5.74) is 8.73. The number of hydrogen-bond donors (Lipinski definition) is 4. The Morgan fingerprint density at radius 1 is 1.05 bits per heavy atom. The van der Waals surface area contributed by atoms with Gasteiger partial charge in [-0.15, -0.1) is 0 Å². The Morgan fingerprint density at radius 2 is 1.75 bits per heavy atom. The zero-order chi connectivity index (χ0) is 13.9. The average Bonchev–Trinajstić information content (AvgIpc) is 2.89. The third-order valence-corrected chi connectivity index (χ3v) is 3.93. The van der Waals surface area contributed by atoms with Crippen LogP contribution in [0.1, 0.15) is 25.7 Å². The third kappa shape index (κ3) is 2.93. The first kappa shape index (κ1) is 13.0. The second-order valence-corrected chi connectivity index (χ2v) is 5.51. The standard InChI is InChI=1S/C15H20N4O/c16-11-3-7-13(8-4-11)17-12-5-1-10(2-6-12)14-9-15(20)19-18-14/h1-2,5-6,9,11,13,17H,3-4,7-8,16H2,(H2,18,19,20). The second kappa shape index (κ2) is 5.54. The van der Waals surface area contributed by atoms with Crippen molar-refractivity contribution < 1.29 is 0 Å². The molecule has 5 N–H and O–H groups in total. The Hall–Kier alpha value is -2.01. The highest BCUT2D eigenvalue weighted by Gasteiger charge is 2.17. The molecule has 0 unspecified atom stereocenters. The van der Waals surface area contributed by atoms with E-state index in [-0.39, 0.29) is 5.56 Å². The molecule has 3 rings (SSSR count). The van der Waals surface area contributed by atoms with Gasteiger partial charge in [0.25, 0.3) is 5.56 Å². The topological polar surface area (TPSA) is 86.7 Å². The fraction of sp³-hybridized carbons (Fsp3) is 0.400. The monoisotopic (exact) mass is 272 g/mol. The Balaban J connectivity index is 1.66. The van der Waals surface area contributed by atoms with Crippen molar-refractivity contribution in [2.45, 2.75) is 37.8 Å². The zero-order valence-corrected chi connectivity index (χ0v) is 11.4. The molecular weight excluding hydrogens is 252 g/mol. The van der Waals surface area contributed by atoms with Crippen LogP contribution in [0.25, 0.3) is 11.3 Å². The lowest BCUT2D eigenvalue weighted by atomic mass is 9.91. The number of aromatic amines is 2. The van der Waals surface area contributed by atoms with Crippen LogP contribution >= 0.6 is 0 Å². The summed E-state index contributed by atoms with van der Waals surface area (Å²) < 4.78 is 0. The molecule has 1 aromatic carbocycles. The predicted octanol–water partition coefficient (Wildman–Crippen LogP) is 2.05. The van der Waals surface area contributed by atoms with Crippen LogP contribution in [-0.4, -0.2) is 22.3 Å². The molecule has 2 aromatic rings. The lowest BCUT2D eigenvalue weighted by Crippen LogP contribution is -2.32. The minimum atomic E-state index is -0.110. The van der Waals surface area contributed by atoms with E-state index in [9.17, 15) is 4.79 Å². The highest BCUT2D eigenvalue weighted by molar-refractivity contribution is 5.62. The molecule has 1 aromatic heterocycles. The summed E-state index contributed by atoms with van der Waals surface area (Å²) >= 11 is 0. The van der Waals surface area contributed by atoms with Crippen molar-refractivity contribution in [3.8, 4) is 11.3 Å². The molecule has 1 aliphatic rings. The quantitative estimate of drug-likeness (QED) is 0.689. The predicted molar refractivity (Wildman–Crippen MR) is 80.7 cm³/mol. The first-order valence-electron chi connectivity index (χ1n) is 7.11. The SMILES string of the molecule is NC1CCC(Nc2ccc(-c3cc(=O)[nH][nH]3)cc2)CC1. The maximum absolute atomic E-state index is 11.1. The summed E-state index contributed by atoms with van der Waals surface area (Å²) in [6.45, 7) is 0. The summed E-state index contributed by atoms with van der Waals surface area (Å²) in [4.78, 5) is 11.1. The Labute approximate surface area is 117 Å². The van der Waals surface area contributed by atoms with Crippen LogP contribution in [0, 0.1) is 0 Å². The van der Waals surface area contributed by atoms with E-state index in [0.29, 0.717) is 12.1 Å². The van der Waals surface area contributed by atoms with Crippen molar-refractivity contribution in [2.24, 2.45) is 5.73 Å². The van der Waals surface area contributed by atoms with Gasteiger partial charge in [0.05, 0.1) is 5.69 Å². The number of nitrogens with two attached hydrogens (primary N) is 1. The number of anilines is 1. The van der Waals surface area contributed by atoms with Gasteiger partial charge < -0.3 is 11.1 Å². The van der Waals surface area contributed by atoms with Gasteiger partial charge in [0, 0.05) is 23.8 Å². The Bertz CT molecular complexity index is 605. The lowest BCUT2D eigenvalue weighted by molar-refractivity contribution is 0.411. The molecule has 0 amide bonds. The lowest BCUT2D eigenvalue weighted by Gasteiger charge is -2.27. The van der Waals surface area contributed by atoms with E-state index in [4.69, 9.17) is 5.73 Å². The van der Waals surface area contributed by atoms with E-state index >= 15 is 0 Å². The minimum absolute atomic E-state index is 0.110. The average molecular weight is 272 g/mol. The van der Waals surface area contributed by atoms with Crippen molar-refractivity contribution in [1.29, 1.82) is 0 Å². The van der Waals surface area contributed by atoms with Crippen LogP contribution in [-0.2, 0) is 0 Å². The zero-order valence-electron chi connectivity index (χ0n) is 11.4. The normalized spacial score (nSPS) is 22.6. The van der Waals surface area contributed by atoms with Gasteiger partial charge in [-0.1, -0.05) is 12.1 Å². The highest BCUT2D eigenvalue weighted by Crippen LogP contribution is 2.23. The molecule has 0 spiro atoms. The molecule has 0 bridgehead atoms. The molecule has 5 nitrogen and oxygen atoms in total. The van der Waals surface area contributed by atoms with Crippen molar-refractivity contribution in [2.75, 3.05) is 5.32 Å². The molecular formula is C15H20N4O. The van der Waals surface area contributed by atoms with Crippen molar-refractivity contribution >= 4 is 5.69 Å². The van der Waals surface area contributed by atoms with Gasteiger partial charge in [0.2, 0.25) is 0 Å².